The van der Waals surface area contributed by atoms with Gasteiger partial charge in [-0.2, -0.15) is 0 Å². The van der Waals surface area contributed by atoms with Crippen LogP contribution in [0.5, 0.6) is 0 Å². The Labute approximate surface area is 151 Å². The number of hydrogen-bond donors (Lipinski definition) is 0. The smallest absolute Gasteiger partial charge is 0.320 e. The van der Waals surface area contributed by atoms with Crippen molar-refractivity contribution in [1.82, 2.24) is 14.9 Å². The van der Waals surface area contributed by atoms with Crippen molar-refractivity contribution < 1.29 is 9.53 Å². The summed E-state index contributed by atoms with van der Waals surface area (Å²) in [7, 11) is 0. The van der Waals surface area contributed by atoms with E-state index in [0.717, 1.165) is 21.4 Å². The van der Waals surface area contributed by atoms with Gasteiger partial charge < -0.3 is 4.74 Å². The van der Waals surface area contributed by atoms with Gasteiger partial charge in [-0.15, -0.1) is 0 Å². The highest BCUT2D eigenvalue weighted by atomic mass is 79.9. The third-order valence-corrected chi connectivity index (χ3v) is 4.21. The van der Waals surface area contributed by atoms with Crippen molar-refractivity contribution in [1.29, 1.82) is 0 Å². The molecule has 2 aromatic rings. The highest BCUT2D eigenvalue weighted by Gasteiger charge is 2.20. The number of nitrogens with zero attached hydrogens (tertiary/aromatic N) is 3. The predicted octanol–water partition coefficient (Wildman–Crippen LogP) is 3.67. The summed E-state index contributed by atoms with van der Waals surface area (Å²) >= 11 is 3.50. The van der Waals surface area contributed by atoms with E-state index in [1.807, 2.05) is 30.9 Å². The summed E-state index contributed by atoms with van der Waals surface area (Å²) < 4.78 is 6.13. The molecule has 1 aromatic carbocycles. The number of ether oxygens (including phenoxy) is 1. The Morgan fingerprint density at radius 2 is 2.12 bits per heavy atom. The number of benzene rings is 1. The third-order valence-electron chi connectivity index (χ3n) is 3.72. The van der Waals surface area contributed by atoms with Gasteiger partial charge in [0.1, 0.15) is 0 Å². The molecule has 1 heterocycles. The summed E-state index contributed by atoms with van der Waals surface area (Å²) in [6, 6.07) is 8.12. The van der Waals surface area contributed by atoms with Crippen molar-refractivity contribution in [2.45, 2.75) is 33.4 Å². The van der Waals surface area contributed by atoms with Crippen LogP contribution >= 0.6 is 15.9 Å². The molecule has 0 fully saturated rings. The van der Waals surface area contributed by atoms with Gasteiger partial charge in [-0.05, 0) is 38.5 Å². The van der Waals surface area contributed by atoms with Gasteiger partial charge in [0.25, 0.3) is 0 Å². The lowest BCUT2D eigenvalue weighted by molar-refractivity contribution is -0.145. The van der Waals surface area contributed by atoms with E-state index < -0.39 is 0 Å². The average Bonchev–Trinajstić information content (AvgIpc) is 2.56. The van der Waals surface area contributed by atoms with Crippen LogP contribution in [0.2, 0.25) is 0 Å². The monoisotopic (exact) mass is 391 g/mol. The number of carbonyl (C=O) groups is 1. The van der Waals surface area contributed by atoms with Crippen LogP contribution < -0.4 is 0 Å². The Bertz CT molecular complexity index is 676. The van der Waals surface area contributed by atoms with Crippen LogP contribution in [0.15, 0.2) is 41.1 Å². The summed E-state index contributed by atoms with van der Waals surface area (Å²) in [6.45, 7) is 6.89. The van der Waals surface area contributed by atoms with Crippen LogP contribution in [0.3, 0.4) is 0 Å². The number of aryl methyl sites for hydroxylation is 1. The molecule has 0 aliphatic carbocycles. The van der Waals surface area contributed by atoms with Crippen LogP contribution in [-0.2, 0) is 16.1 Å². The summed E-state index contributed by atoms with van der Waals surface area (Å²) in [5, 5.41) is 0. The van der Waals surface area contributed by atoms with Crippen molar-refractivity contribution in [3.8, 4) is 0 Å². The van der Waals surface area contributed by atoms with Crippen LogP contribution in [0.1, 0.15) is 36.8 Å². The topological polar surface area (TPSA) is 55.3 Å². The molecule has 1 aromatic heterocycles. The first-order valence-electron chi connectivity index (χ1n) is 7.92. The van der Waals surface area contributed by atoms with Crippen molar-refractivity contribution in [3.63, 3.8) is 0 Å². The molecule has 0 radical (unpaired) electrons. The molecule has 2 rings (SSSR count). The molecule has 0 saturated carbocycles. The number of halogens is 1. The first-order chi connectivity index (χ1) is 11.5. The minimum atomic E-state index is -0.237. The number of aromatic nitrogens is 2. The van der Waals surface area contributed by atoms with E-state index in [1.54, 1.807) is 12.4 Å². The lowest BCUT2D eigenvalue weighted by Gasteiger charge is -2.28. The lowest BCUT2D eigenvalue weighted by atomic mass is 10.1. The quantitative estimate of drug-likeness (QED) is 0.673. The maximum Gasteiger partial charge on any atom is 0.320 e. The minimum Gasteiger partial charge on any atom is -0.465 e. The molecule has 6 heteroatoms. The van der Waals surface area contributed by atoms with Crippen LogP contribution in [0.25, 0.3) is 0 Å². The fraction of sp³-hybridized carbons (Fsp3) is 0.389. The molecule has 0 N–H and O–H groups in total. The normalized spacial score (nSPS) is 12.2. The molecule has 0 aliphatic heterocycles. The second-order valence-corrected chi connectivity index (χ2v) is 6.51. The molecule has 0 bridgehead atoms. The van der Waals surface area contributed by atoms with Gasteiger partial charge in [0.15, 0.2) is 0 Å². The summed E-state index contributed by atoms with van der Waals surface area (Å²) in [6.07, 6.45) is 3.49. The Hall–Kier alpha value is -1.79. The van der Waals surface area contributed by atoms with E-state index in [1.165, 1.54) is 0 Å². The van der Waals surface area contributed by atoms with E-state index in [9.17, 15) is 4.79 Å². The van der Waals surface area contributed by atoms with Crippen molar-refractivity contribution in [2.24, 2.45) is 0 Å². The first-order valence-corrected chi connectivity index (χ1v) is 8.71. The Kier molecular flexibility index (Phi) is 6.87. The molecule has 0 amide bonds. The SMILES string of the molecule is CCOC(=O)CN(Cc1cnc(C)cn1)[C@@H](C)c1cccc(Br)c1. The zero-order valence-electron chi connectivity index (χ0n) is 14.2. The maximum absolute atomic E-state index is 12.0. The Morgan fingerprint density at radius 3 is 2.75 bits per heavy atom. The van der Waals surface area contributed by atoms with Gasteiger partial charge in [-0.25, -0.2) is 0 Å². The maximum atomic E-state index is 12.0. The Morgan fingerprint density at radius 1 is 1.33 bits per heavy atom. The van der Waals surface area contributed by atoms with Gasteiger partial charge in [0.2, 0.25) is 0 Å². The highest BCUT2D eigenvalue weighted by molar-refractivity contribution is 9.10. The highest BCUT2D eigenvalue weighted by Crippen LogP contribution is 2.24. The van der Waals surface area contributed by atoms with E-state index in [2.05, 4.69) is 45.0 Å². The summed E-state index contributed by atoms with van der Waals surface area (Å²) in [4.78, 5) is 22.7. The van der Waals surface area contributed by atoms with E-state index in [-0.39, 0.29) is 18.6 Å². The largest absolute Gasteiger partial charge is 0.465 e. The molecule has 0 aliphatic rings. The van der Waals surface area contributed by atoms with Crippen molar-refractivity contribution in [3.05, 3.63) is 58.1 Å². The fourth-order valence-electron chi connectivity index (χ4n) is 2.39. The number of rotatable bonds is 7. The molecular formula is C18H22BrN3O2. The molecule has 0 saturated heterocycles. The van der Waals surface area contributed by atoms with E-state index >= 15 is 0 Å². The fourth-order valence-corrected chi connectivity index (χ4v) is 2.81. The first kappa shape index (κ1) is 18.5. The molecule has 1 atom stereocenters. The van der Waals surface area contributed by atoms with Crippen molar-refractivity contribution >= 4 is 21.9 Å². The molecule has 5 nitrogen and oxygen atoms in total. The minimum absolute atomic E-state index is 0.0370. The summed E-state index contributed by atoms with van der Waals surface area (Å²) in [5.74, 6) is -0.237. The lowest BCUT2D eigenvalue weighted by Crippen LogP contribution is -2.33. The van der Waals surface area contributed by atoms with Gasteiger partial charge in [-0.1, -0.05) is 28.1 Å². The van der Waals surface area contributed by atoms with Crippen LogP contribution in [0.4, 0.5) is 0 Å². The number of carbonyl (C=O) groups excluding carboxylic acids is 1. The second-order valence-electron chi connectivity index (χ2n) is 5.59. The number of hydrogen-bond acceptors (Lipinski definition) is 5. The second kappa shape index (κ2) is 8.89. The zero-order chi connectivity index (χ0) is 17.5. The zero-order valence-corrected chi connectivity index (χ0v) is 15.8. The van der Waals surface area contributed by atoms with Crippen molar-refractivity contribution in [2.75, 3.05) is 13.2 Å². The molecule has 128 valence electrons. The molecule has 0 spiro atoms. The third kappa shape index (κ3) is 5.39. The van der Waals surface area contributed by atoms with Gasteiger partial charge in [0, 0.05) is 29.5 Å². The van der Waals surface area contributed by atoms with Crippen LogP contribution in [0, 0.1) is 6.92 Å². The van der Waals surface area contributed by atoms with E-state index in [4.69, 9.17) is 4.74 Å². The summed E-state index contributed by atoms with van der Waals surface area (Å²) in [5.41, 5.74) is 2.82. The molecule has 24 heavy (non-hydrogen) atoms. The van der Waals surface area contributed by atoms with Crippen LogP contribution in [-0.4, -0.2) is 34.0 Å². The van der Waals surface area contributed by atoms with Gasteiger partial charge in [0.05, 0.1) is 24.5 Å². The number of esters is 1. The average molecular weight is 392 g/mol. The Balaban J connectivity index is 2.20. The molecular weight excluding hydrogens is 370 g/mol. The predicted molar refractivity (Wildman–Crippen MR) is 96.4 cm³/mol. The van der Waals surface area contributed by atoms with Gasteiger partial charge >= 0.3 is 5.97 Å². The molecule has 0 unspecified atom stereocenters. The van der Waals surface area contributed by atoms with Gasteiger partial charge in [-0.3, -0.25) is 19.7 Å². The van der Waals surface area contributed by atoms with E-state index in [0.29, 0.717) is 13.2 Å². The standard InChI is InChI=1S/C18H22BrN3O2/c1-4-24-18(23)12-22(11-17-10-20-13(2)9-21-17)14(3)15-6-5-7-16(19)8-15/h5-10,14H,4,11-12H2,1-3H3/t14-/m0/s1.